The average molecular weight is 328 g/mol. The van der Waals surface area contributed by atoms with Crippen molar-refractivity contribution >= 4 is 5.97 Å². The number of hydrogen-bond acceptors (Lipinski definition) is 3. The van der Waals surface area contributed by atoms with Crippen LogP contribution in [0.5, 0.6) is 0 Å². The Morgan fingerprint density at radius 3 is 2.67 bits per heavy atom. The zero-order valence-electron chi connectivity index (χ0n) is 15.4. The quantitative estimate of drug-likeness (QED) is 0.834. The highest BCUT2D eigenvalue weighted by atomic mass is 16.5. The second-order valence-corrected chi connectivity index (χ2v) is 8.09. The summed E-state index contributed by atoms with van der Waals surface area (Å²) in [5.74, 6) is 0.221. The Morgan fingerprint density at radius 2 is 2.04 bits per heavy atom. The van der Waals surface area contributed by atoms with Crippen LogP contribution >= 0.6 is 0 Å². The van der Waals surface area contributed by atoms with Crippen molar-refractivity contribution < 1.29 is 14.6 Å². The lowest BCUT2D eigenvalue weighted by Crippen LogP contribution is -2.41. The molecule has 1 aromatic carbocycles. The van der Waals surface area contributed by atoms with Gasteiger partial charge in [-0.3, -0.25) is 0 Å². The molecule has 1 aromatic rings. The van der Waals surface area contributed by atoms with Crippen LogP contribution in [0.15, 0.2) is 29.3 Å². The van der Waals surface area contributed by atoms with Gasteiger partial charge in [0.2, 0.25) is 0 Å². The number of allylic oxidation sites excluding steroid dienone is 1. The van der Waals surface area contributed by atoms with E-state index in [1.165, 1.54) is 23.8 Å². The molecule has 3 rings (SSSR count). The number of fused-ring (bicyclic) bond motifs is 3. The van der Waals surface area contributed by atoms with Crippen molar-refractivity contribution in [3.8, 4) is 0 Å². The maximum Gasteiger partial charge on any atom is 0.333 e. The van der Waals surface area contributed by atoms with Gasteiger partial charge in [-0.05, 0) is 74.5 Å². The largest absolute Gasteiger partial charge is 0.466 e. The number of benzene rings is 1. The molecule has 0 saturated carbocycles. The van der Waals surface area contributed by atoms with Gasteiger partial charge in [0.15, 0.2) is 0 Å². The number of carbonyl (C=O) groups excluding carboxylic acids is 1. The van der Waals surface area contributed by atoms with Gasteiger partial charge in [-0.1, -0.05) is 30.7 Å². The first-order valence-electron chi connectivity index (χ1n) is 8.82. The second-order valence-electron chi connectivity index (χ2n) is 8.09. The molecule has 2 unspecified atom stereocenters. The van der Waals surface area contributed by atoms with Crippen molar-refractivity contribution in [1.29, 1.82) is 0 Å². The van der Waals surface area contributed by atoms with Gasteiger partial charge in [-0.15, -0.1) is 0 Å². The average Bonchev–Trinajstić information content (AvgIpc) is 2.53. The summed E-state index contributed by atoms with van der Waals surface area (Å²) in [6, 6.07) is 6.43. The molecule has 0 saturated heterocycles. The normalized spacial score (nSPS) is 26.7. The van der Waals surface area contributed by atoms with E-state index in [-0.39, 0.29) is 11.4 Å². The van der Waals surface area contributed by atoms with E-state index in [9.17, 15) is 9.90 Å². The Hall–Kier alpha value is -1.61. The summed E-state index contributed by atoms with van der Waals surface area (Å²) in [4.78, 5) is 12.0. The first-order chi connectivity index (χ1) is 11.2. The van der Waals surface area contributed by atoms with Crippen molar-refractivity contribution in [2.24, 2.45) is 5.92 Å². The zero-order chi connectivity index (χ0) is 17.7. The van der Waals surface area contributed by atoms with E-state index < -0.39 is 5.60 Å². The number of carbonyl (C=O) groups is 1. The number of aliphatic hydroxyl groups is 1. The Bertz CT molecular complexity index is 708. The van der Waals surface area contributed by atoms with Crippen molar-refractivity contribution in [1.82, 2.24) is 0 Å². The van der Waals surface area contributed by atoms with Crippen LogP contribution in [0.1, 0.15) is 63.6 Å². The summed E-state index contributed by atoms with van der Waals surface area (Å²) < 4.78 is 4.97. The van der Waals surface area contributed by atoms with Gasteiger partial charge in [0.1, 0.15) is 0 Å². The van der Waals surface area contributed by atoms with Gasteiger partial charge in [-0.2, -0.15) is 0 Å². The van der Waals surface area contributed by atoms with Crippen LogP contribution in [0.25, 0.3) is 0 Å². The minimum absolute atomic E-state index is 0.0628. The predicted molar refractivity (Wildman–Crippen MR) is 94.8 cm³/mol. The van der Waals surface area contributed by atoms with Crippen molar-refractivity contribution in [2.45, 2.75) is 64.4 Å². The summed E-state index contributed by atoms with van der Waals surface area (Å²) in [6.07, 6.45) is 3.78. The minimum atomic E-state index is -0.812. The van der Waals surface area contributed by atoms with E-state index in [1.54, 1.807) is 0 Å². The molecular weight excluding hydrogens is 300 g/mol. The smallest absolute Gasteiger partial charge is 0.333 e. The van der Waals surface area contributed by atoms with E-state index >= 15 is 0 Å². The fraction of sp³-hybridized carbons (Fsp3) is 0.571. The van der Waals surface area contributed by atoms with Gasteiger partial charge < -0.3 is 9.84 Å². The highest BCUT2D eigenvalue weighted by Gasteiger charge is 2.45. The molecule has 0 bridgehead atoms. The molecule has 0 radical (unpaired) electrons. The molecule has 3 nitrogen and oxygen atoms in total. The molecule has 2 atom stereocenters. The predicted octanol–water partition coefficient (Wildman–Crippen LogP) is 4.02. The third-order valence-corrected chi connectivity index (χ3v) is 6.22. The fourth-order valence-corrected chi connectivity index (χ4v) is 4.73. The van der Waals surface area contributed by atoms with Gasteiger partial charge in [0.25, 0.3) is 0 Å². The van der Waals surface area contributed by atoms with Crippen LogP contribution in [-0.4, -0.2) is 18.2 Å². The topological polar surface area (TPSA) is 46.5 Å². The van der Waals surface area contributed by atoms with E-state index in [2.05, 4.69) is 32.0 Å². The standard InChI is InChI=1S/C21H28O3/c1-13-16(19(22)24-5)10-11-21(4)17(13)8-6-14-12-15(20(2,3)23)7-9-18(14)21/h7,9,12,17,23H,6,8,10-11H2,1-5H3. The molecule has 0 aliphatic heterocycles. The lowest BCUT2D eigenvalue weighted by Gasteiger charge is -2.47. The van der Waals surface area contributed by atoms with E-state index in [4.69, 9.17) is 4.74 Å². The number of methoxy groups -OCH3 is 1. The Kier molecular flexibility index (Phi) is 4.11. The lowest BCUT2D eigenvalue weighted by atomic mass is 9.56. The third-order valence-electron chi connectivity index (χ3n) is 6.22. The van der Waals surface area contributed by atoms with Crippen molar-refractivity contribution in [3.05, 3.63) is 46.0 Å². The van der Waals surface area contributed by atoms with Crippen molar-refractivity contribution in [3.63, 3.8) is 0 Å². The molecule has 2 aliphatic carbocycles. The van der Waals surface area contributed by atoms with E-state index in [1.807, 2.05) is 13.8 Å². The third kappa shape index (κ3) is 2.59. The summed E-state index contributed by atoms with van der Waals surface area (Å²) in [7, 11) is 1.46. The maximum atomic E-state index is 12.0. The summed E-state index contributed by atoms with van der Waals surface area (Å²) in [5, 5.41) is 10.3. The molecule has 2 aliphatic rings. The first-order valence-corrected chi connectivity index (χ1v) is 8.82. The zero-order valence-corrected chi connectivity index (χ0v) is 15.4. The van der Waals surface area contributed by atoms with Crippen LogP contribution in [0, 0.1) is 5.92 Å². The van der Waals surface area contributed by atoms with Crippen molar-refractivity contribution in [2.75, 3.05) is 7.11 Å². The maximum absolute atomic E-state index is 12.0. The monoisotopic (exact) mass is 328 g/mol. The number of ether oxygens (including phenoxy) is 1. The molecule has 0 amide bonds. The molecule has 0 spiro atoms. The molecule has 0 fully saturated rings. The summed E-state index contributed by atoms with van der Waals surface area (Å²) in [5.41, 5.74) is 5.03. The highest BCUT2D eigenvalue weighted by molar-refractivity contribution is 5.89. The summed E-state index contributed by atoms with van der Waals surface area (Å²) >= 11 is 0. The number of esters is 1. The number of aryl methyl sites for hydroxylation is 1. The van der Waals surface area contributed by atoms with E-state index in [0.29, 0.717) is 5.92 Å². The van der Waals surface area contributed by atoms with E-state index in [0.717, 1.165) is 36.8 Å². The van der Waals surface area contributed by atoms with Crippen LogP contribution in [0.4, 0.5) is 0 Å². The minimum Gasteiger partial charge on any atom is -0.466 e. The Morgan fingerprint density at radius 1 is 1.33 bits per heavy atom. The van der Waals surface area contributed by atoms with Gasteiger partial charge in [-0.25, -0.2) is 4.79 Å². The number of rotatable bonds is 2. The Balaban J connectivity index is 2.04. The molecular formula is C21H28O3. The van der Waals surface area contributed by atoms with Crippen LogP contribution in [0.3, 0.4) is 0 Å². The van der Waals surface area contributed by atoms with Crippen LogP contribution < -0.4 is 0 Å². The first kappa shape index (κ1) is 17.2. The second kappa shape index (κ2) is 5.73. The molecule has 0 aromatic heterocycles. The molecule has 1 N–H and O–H groups in total. The number of hydrogen-bond donors (Lipinski definition) is 1. The van der Waals surface area contributed by atoms with Crippen LogP contribution in [-0.2, 0) is 27.0 Å². The highest BCUT2D eigenvalue weighted by Crippen LogP contribution is 2.52. The molecule has 3 heteroatoms. The van der Waals surface area contributed by atoms with Gasteiger partial charge in [0.05, 0.1) is 12.7 Å². The van der Waals surface area contributed by atoms with Gasteiger partial charge in [0, 0.05) is 5.57 Å². The van der Waals surface area contributed by atoms with Gasteiger partial charge >= 0.3 is 5.97 Å². The summed E-state index contributed by atoms with van der Waals surface area (Å²) in [6.45, 7) is 8.10. The molecule has 130 valence electrons. The fourth-order valence-electron chi connectivity index (χ4n) is 4.73. The SMILES string of the molecule is COC(=O)C1=C(C)C2CCc3cc(C(C)(C)O)ccc3C2(C)CC1. The van der Waals surface area contributed by atoms with Crippen LogP contribution in [0.2, 0.25) is 0 Å². The molecule has 0 heterocycles. The lowest BCUT2D eigenvalue weighted by molar-refractivity contribution is -0.136. The Labute approximate surface area is 144 Å². The molecule has 24 heavy (non-hydrogen) atoms.